The van der Waals surface area contributed by atoms with Gasteiger partial charge in [-0.2, -0.15) is 4.31 Å². The number of nitrogens with zero attached hydrogens (tertiary/aromatic N) is 2. The number of carbonyl (C=O) groups excluding carboxylic acids is 1. The molecule has 8 nitrogen and oxygen atoms in total. The first kappa shape index (κ1) is 24.8. The molecule has 0 aliphatic carbocycles. The Balaban J connectivity index is 1.73. The van der Waals surface area contributed by atoms with Gasteiger partial charge in [-0.3, -0.25) is 4.79 Å². The van der Waals surface area contributed by atoms with Gasteiger partial charge < -0.3 is 19.7 Å². The van der Waals surface area contributed by atoms with Crippen LogP contribution in [0.3, 0.4) is 0 Å². The zero-order valence-electron chi connectivity index (χ0n) is 19.5. The van der Waals surface area contributed by atoms with Gasteiger partial charge in [-0.25, -0.2) is 8.42 Å². The van der Waals surface area contributed by atoms with Gasteiger partial charge in [0.1, 0.15) is 5.75 Å². The molecule has 1 amide bonds. The van der Waals surface area contributed by atoms with Gasteiger partial charge in [-0.05, 0) is 49.6 Å². The van der Waals surface area contributed by atoms with Crippen LogP contribution in [0.15, 0.2) is 35.2 Å². The van der Waals surface area contributed by atoms with Crippen molar-refractivity contribution >= 4 is 38.9 Å². The molecule has 184 valence electrons. The van der Waals surface area contributed by atoms with E-state index in [9.17, 15) is 13.2 Å². The lowest BCUT2D eigenvalue weighted by atomic mass is 10.1. The van der Waals surface area contributed by atoms with Gasteiger partial charge in [0.25, 0.3) is 5.91 Å². The third kappa shape index (κ3) is 5.17. The summed E-state index contributed by atoms with van der Waals surface area (Å²) in [6, 6.07) is 8.19. The van der Waals surface area contributed by atoms with E-state index in [1.165, 1.54) is 17.5 Å². The number of benzene rings is 2. The third-order valence-electron chi connectivity index (χ3n) is 6.25. The number of anilines is 2. The second-order valence-corrected chi connectivity index (χ2v) is 10.8. The maximum Gasteiger partial charge on any atom is 0.257 e. The minimum absolute atomic E-state index is 0.121. The van der Waals surface area contributed by atoms with Crippen LogP contribution in [0.25, 0.3) is 0 Å². The first-order valence-corrected chi connectivity index (χ1v) is 13.3. The molecular formula is C24H30ClN3O5S. The van der Waals surface area contributed by atoms with Crippen LogP contribution in [0, 0.1) is 6.92 Å². The zero-order valence-corrected chi connectivity index (χ0v) is 21.0. The first-order chi connectivity index (χ1) is 16.3. The number of sulfonamides is 1. The van der Waals surface area contributed by atoms with Crippen molar-refractivity contribution in [1.29, 1.82) is 0 Å². The van der Waals surface area contributed by atoms with E-state index in [0.29, 0.717) is 61.5 Å². The van der Waals surface area contributed by atoms with Crippen LogP contribution in [0.5, 0.6) is 5.75 Å². The summed E-state index contributed by atoms with van der Waals surface area (Å²) in [6.07, 6.45) is 2.71. The highest BCUT2D eigenvalue weighted by Gasteiger charge is 2.29. The minimum atomic E-state index is -3.70. The smallest absolute Gasteiger partial charge is 0.257 e. The number of morpholine rings is 1. The Kier molecular flexibility index (Phi) is 7.67. The zero-order chi connectivity index (χ0) is 24.3. The predicted octanol–water partition coefficient (Wildman–Crippen LogP) is 3.92. The van der Waals surface area contributed by atoms with E-state index in [-0.39, 0.29) is 10.5 Å². The summed E-state index contributed by atoms with van der Waals surface area (Å²) in [7, 11) is -2.19. The van der Waals surface area contributed by atoms with Crippen LogP contribution in [-0.2, 0) is 14.8 Å². The van der Waals surface area contributed by atoms with Crippen LogP contribution in [0.2, 0.25) is 5.02 Å². The summed E-state index contributed by atoms with van der Waals surface area (Å²) in [5.74, 6) is 0.00572. The number of carbonyl (C=O) groups is 1. The average Bonchev–Trinajstić information content (AvgIpc) is 2.86. The number of halogens is 1. The van der Waals surface area contributed by atoms with Gasteiger partial charge >= 0.3 is 0 Å². The van der Waals surface area contributed by atoms with E-state index in [2.05, 4.69) is 5.32 Å². The van der Waals surface area contributed by atoms with Crippen molar-refractivity contribution in [2.45, 2.75) is 31.1 Å². The Morgan fingerprint density at radius 3 is 2.44 bits per heavy atom. The molecule has 10 heteroatoms. The number of amides is 1. The molecule has 0 aromatic heterocycles. The number of ether oxygens (including phenoxy) is 2. The predicted molar refractivity (Wildman–Crippen MR) is 133 cm³/mol. The van der Waals surface area contributed by atoms with Crippen molar-refractivity contribution in [2.24, 2.45) is 0 Å². The molecule has 2 heterocycles. The number of nitrogens with one attached hydrogen (secondary N) is 1. The summed E-state index contributed by atoms with van der Waals surface area (Å²) in [4.78, 5) is 15.7. The molecule has 0 radical (unpaired) electrons. The Hall–Kier alpha value is -2.33. The molecule has 2 aliphatic heterocycles. The standard InChI is InChI=1S/C24H30ClN3O5S/c1-17-14-21(23(32-2)16-20(17)25)26-24(29)19-15-18(34(30,31)28-8-4-3-5-9-28)6-7-22(19)27-10-12-33-13-11-27/h6-7,14-16H,3-5,8-13H2,1-2H3,(H,26,29). The van der Waals surface area contributed by atoms with Gasteiger partial charge in [-0.1, -0.05) is 18.0 Å². The van der Waals surface area contributed by atoms with Gasteiger partial charge in [0, 0.05) is 43.0 Å². The maximum atomic E-state index is 13.5. The van der Waals surface area contributed by atoms with E-state index < -0.39 is 15.9 Å². The Bertz CT molecular complexity index is 1160. The van der Waals surface area contributed by atoms with Crippen molar-refractivity contribution in [1.82, 2.24) is 4.31 Å². The quantitative estimate of drug-likeness (QED) is 0.637. The number of hydrogen-bond acceptors (Lipinski definition) is 6. The lowest BCUT2D eigenvalue weighted by Crippen LogP contribution is -2.38. The van der Waals surface area contributed by atoms with Crippen molar-refractivity contribution in [3.63, 3.8) is 0 Å². The van der Waals surface area contributed by atoms with Crippen molar-refractivity contribution in [2.75, 3.05) is 56.7 Å². The molecule has 1 N–H and O–H groups in total. The number of aryl methyl sites for hydroxylation is 1. The summed E-state index contributed by atoms with van der Waals surface area (Å²) in [5, 5.41) is 3.42. The number of rotatable bonds is 6. The fourth-order valence-corrected chi connectivity index (χ4v) is 6.01. The summed E-state index contributed by atoms with van der Waals surface area (Å²) >= 11 is 6.21. The fraction of sp³-hybridized carbons (Fsp3) is 0.458. The van der Waals surface area contributed by atoms with Gasteiger partial charge in [0.15, 0.2) is 0 Å². The molecule has 0 spiro atoms. The molecule has 4 rings (SSSR count). The molecule has 2 aromatic carbocycles. The topological polar surface area (TPSA) is 88.2 Å². The molecule has 0 saturated carbocycles. The Morgan fingerprint density at radius 2 is 1.76 bits per heavy atom. The van der Waals surface area contributed by atoms with E-state index in [1.807, 2.05) is 11.8 Å². The van der Waals surface area contributed by atoms with E-state index in [1.54, 1.807) is 24.3 Å². The second kappa shape index (κ2) is 10.5. The molecule has 0 bridgehead atoms. The van der Waals surface area contributed by atoms with Crippen LogP contribution < -0.4 is 15.0 Å². The number of hydrogen-bond donors (Lipinski definition) is 1. The minimum Gasteiger partial charge on any atom is -0.495 e. The van der Waals surface area contributed by atoms with Gasteiger partial charge in [0.05, 0.1) is 36.5 Å². The SMILES string of the molecule is COc1cc(Cl)c(C)cc1NC(=O)c1cc(S(=O)(=O)N2CCCCC2)ccc1N1CCOCC1. The third-order valence-corrected chi connectivity index (χ3v) is 8.55. The summed E-state index contributed by atoms with van der Waals surface area (Å²) < 4.78 is 39.0. The van der Waals surface area contributed by atoms with Crippen LogP contribution in [0.4, 0.5) is 11.4 Å². The second-order valence-electron chi connectivity index (χ2n) is 8.50. The monoisotopic (exact) mass is 507 g/mol. The molecule has 2 saturated heterocycles. The molecule has 34 heavy (non-hydrogen) atoms. The molecule has 2 aliphatic rings. The van der Waals surface area contributed by atoms with Crippen LogP contribution in [-0.4, -0.2) is 65.1 Å². The van der Waals surface area contributed by atoms with Crippen LogP contribution >= 0.6 is 11.6 Å². The summed E-state index contributed by atoms with van der Waals surface area (Å²) in [6.45, 7) is 5.14. The summed E-state index contributed by atoms with van der Waals surface area (Å²) in [5.41, 5.74) is 2.21. The number of piperidine rings is 1. The van der Waals surface area contributed by atoms with Crippen LogP contribution in [0.1, 0.15) is 35.2 Å². The van der Waals surface area contributed by atoms with Crippen molar-refractivity contribution < 1.29 is 22.7 Å². The van der Waals surface area contributed by atoms with Crippen molar-refractivity contribution in [3.8, 4) is 5.75 Å². The fourth-order valence-electron chi connectivity index (χ4n) is 4.31. The van der Waals surface area contributed by atoms with E-state index in [0.717, 1.165) is 24.8 Å². The normalized spacial score (nSPS) is 17.4. The highest BCUT2D eigenvalue weighted by atomic mass is 35.5. The molecule has 0 unspecified atom stereocenters. The highest BCUT2D eigenvalue weighted by molar-refractivity contribution is 7.89. The Morgan fingerprint density at radius 1 is 1.06 bits per heavy atom. The molecule has 2 fully saturated rings. The molecule has 2 aromatic rings. The largest absolute Gasteiger partial charge is 0.495 e. The first-order valence-electron chi connectivity index (χ1n) is 11.4. The van der Waals surface area contributed by atoms with Gasteiger partial charge in [0.2, 0.25) is 10.0 Å². The van der Waals surface area contributed by atoms with Crippen molar-refractivity contribution in [3.05, 3.63) is 46.5 Å². The number of methoxy groups -OCH3 is 1. The lowest BCUT2D eigenvalue weighted by molar-refractivity contribution is 0.102. The highest BCUT2D eigenvalue weighted by Crippen LogP contribution is 2.33. The molecule has 0 atom stereocenters. The Labute approximate surface area is 205 Å². The maximum absolute atomic E-state index is 13.5. The average molecular weight is 508 g/mol. The van der Waals surface area contributed by atoms with E-state index >= 15 is 0 Å². The van der Waals surface area contributed by atoms with Gasteiger partial charge in [-0.15, -0.1) is 0 Å². The lowest BCUT2D eigenvalue weighted by Gasteiger charge is -2.31. The molecular weight excluding hydrogens is 478 g/mol. The van der Waals surface area contributed by atoms with E-state index in [4.69, 9.17) is 21.1 Å².